The van der Waals surface area contributed by atoms with Crippen LogP contribution in [0.3, 0.4) is 0 Å². The number of nitrogens with two attached hydrogens (primary N) is 1. The molecule has 0 aliphatic heterocycles. The zero-order chi connectivity index (χ0) is 16.3. The Morgan fingerprint density at radius 2 is 1.73 bits per heavy atom. The van der Waals surface area contributed by atoms with E-state index in [0.717, 1.165) is 6.26 Å². The standard InChI is InChI=1S/C15H14N2O4S/c1-22(20,21)11-6-4-5-10(9-11)15(19)17-13-8-3-2-7-12(13)14(16)18/h2-9H,1H3,(H2,16,18)(H,17,19). The third-order valence-corrected chi connectivity index (χ3v) is 4.08. The van der Waals surface area contributed by atoms with E-state index in [4.69, 9.17) is 5.73 Å². The van der Waals surface area contributed by atoms with Crippen molar-refractivity contribution in [3.63, 3.8) is 0 Å². The summed E-state index contributed by atoms with van der Waals surface area (Å²) in [5.74, 6) is -1.19. The second-order valence-corrected chi connectivity index (χ2v) is 6.68. The molecule has 0 aliphatic rings. The van der Waals surface area contributed by atoms with Gasteiger partial charge in [0.1, 0.15) is 0 Å². The zero-order valence-electron chi connectivity index (χ0n) is 11.7. The molecule has 0 saturated carbocycles. The Labute approximate surface area is 127 Å². The van der Waals surface area contributed by atoms with Gasteiger partial charge in [0, 0.05) is 11.8 Å². The van der Waals surface area contributed by atoms with Gasteiger partial charge in [-0.05, 0) is 30.3 Å². The summed E-state index contributed by atoms with van der Waals surface area (Å²) in [7, 11) is -3.41. The maximum Gasteiger partial charge on any atom is 0.255 e. The summed E-state index contributed by atoms with van der Waals surface area (Å²) in [6.45, 7) is 0. The summed E-state index contributed by atoms with van der Waals surface area (Å²) in [6.07, 6.45) is 1.06. The van der Waals surface area contributed by atoms with E-state index < -0.39 is 21.7 Å². The van der Waals surface area contributed by atoms with E-state index in [1.807, 2.05) is 0 Å². The van der Waals surface area contributed by atoms with E-state index in [1.165, 1.54) is 30.3 Å². The predicted molar refractivity (Wildman–Crippen MR) is 82.5 cm³/mol. The number of nitrogens with one attached hydrogen (secondary N) is 1. The Morgan fingerprint density at radius 1 is 1.05 bits per heavy atom. The van der Waals surface area contributed by atoms with Gasteiger partial charge in [-0.3, -0.25) is 9.59 Å². The molecule has 0 aliphatic carbocycles. The van der Waals surface area contributed by atoms with Crippen LogP contribution in [0, 0.1) is 0 Å². The number of hydrogen-bond acceptors (Lipinski definition) is 4. The fourth-order valence-electron chi connectivity index (χ4n) is 1.87. The number of carbonyl (C=O) groups excluding carboxylic acids is 2. The van der Waals surface area contributed by atoms with Crippen LogP contribution in [-0.2, 0) is 9.84 Å². The minimum absolute atomic E-state index is 0.0448. The normalized spacial score (nSPS) is 11.0. The van der Waals surface area contributed by atoms with Crippen molar-refractivity contribution in [2.45, 2.75) is 4.90 Å². The van der Waals surface area contributed by atoms with E-state index in [1.54, 1.807) is 18.2 Å². The molecule has 0 unspecified atom stereocenters. The van der Waals surface area contributed by atoms with Crippen LogP contribution >= 0.6 is 0 Å². The number of amides is 2. The largest absolute Gasteiger partial charge is 0.366 e. The zero-order valence-corrected chi connectivity index (χ0v) is 12.6. The van der Waals surface area contributed by atoms with Gasteiger partial charge in [-0.15, -0.1) is 0 Å². The molecule has 2 rings (SSSR count). The first-order valence-electron chi connectivity index (χ1n) is 6.29. The lowest BCUT2D eigenvalue weighted by atomic mass is 10.1. The average Bonchev–Trinajstić information content (AvgIpc) is 2.47. The minimum Gasteiger partial charge on any atom is -0.366 e. The Hall–Kier alpha value is -2.67. The molecule has 0 radical (unpaired) electrons. The first-order valence-corrected chi connectivity index (χ1v) is 8.18. The Morgan fingerprint density at radius 3 is 2.36 bits per heavy atom. The Bertz CT molecular complexity index is 844. The highest BCUT2D eigenvalue weighted by atomic mass is 32.2. The van der Waals surface area contributed by atoms with E-state index in [2.05, 4.69) is 5.32 Å². The molecule has 7 heteroatoms. The van der Waals surface area contributed by atoms with Gasteiger partial charge >= 0.3 is 0 Å². The summed E-state index contributed by atoms with van der Waals surface area (Å²) in [5.41, 5.74) is 5.85. The highest BCUT2D eigenvalue weighted by Crippen LogP contribution is 2.17. The fraction of sp³-hybridized carbons (Fsp3) is 0.0667. The maximum absolute atomic E-state index is 12.2. The van der Waals surface area contributed by atoms with Crippen LogP contribution < -0.4 is 11.1 Å². The van der Waals surface area contributed by atoms with Gasteiger partial charge < -0.3 is 11.1 Å². The van der Waals surface area contributed by atoms with Crippen LogP contribution in [0.1, 0.15) is 20.7 Å². The Balaban J connectivity index is 2.33. The van der Waals surface area contributed by atoms with Crippen LogP contribution in [0.2, 0.25) is 0 Å². The molecule has 0 fully saturated rings. The van der Waals surface area contributed by atoms with Crippen molar-refractivity contribution in [2.75, 3.05) is 11.6 Å². The van der Waals surface area contributed by atoms with E-state index in [9.17, 15) is 18.0 Å². The molecule has 2 aromatic carbocycles. The molecule has 0 atom stereocenters. The number of benzene rings is 2. The lowest BCUT2D eigenvalue weighted by molar-refractivity contribution is 0.100. The van der Waals surface area contributed by atoms with Crippen molar-refractivity contribution in [3.8, 4) is 0 Å². The smallest absolute Gasteiger partial charge is 0.255 e. The Kier molecular flexibility index (Phi) is 4.27. The van der Waals surface area contributed by atoms with Crippen molar-refractivity contribution in [2.24, 2.45) is 5.73 Å². The van der Waals surface area contributed by atoms with Gasteiger partial charge in [-0.25, -0.2) is 8.42 Å². The second kappa shape index (κ2) is 5.98. The van der Waals surface area contributed by atoms with Crippen LogP contribution in [0.25, 0.3) is 0 Å². The van der Waals surface area contributed by atoms with Crippen molar-refractivity contribution >= 4 is 27.3 Å². The number of anilines is 1. The van der Waals surface area contributed by atoms with E-state index in [0.29, 0.717) is 0 Å². The highest BCUT2D eigenvalue weighted by molar-refractivity contribution is 7.90. The number of para-hydroxylation sites is 1. The fourth-order valence-corrected chi connectivity index (χ4v) is 2.54. The van der Waals surface area contributed by atoms with Gasteiger partial charge in [0.2, 0.25) is 0 Å². The van der Waals surface area contributed by atoms with Gasteiger partial charge in [0.15, 0.2) is 9.84 Å². The third-order valence-electron chi connectivity index (χ3n) is 2.97. The number of rotatable bonds is 4. The SMILES string of the molecule is CS(=O)(=O)c1cccc(C(=O)Nc2ccccc2C(N)=O)c1. The molecule has 6 nitrogen and oxygen atoms in total. The number of carbonyl (C=O) groups is 2. The first-order chi connectivity index (χ1) is 10.3. The van der Waals surface area contributed by atoms with E-state index in [-0.39, 0.29) is 21.7 Å². The summed E-state index contributed by atoms with van der Waals surface area (Å²) in [6, 6.07) is 11.9. The topological polar surface area (TPSA) is 106 Å². The van der Waals surface area contributed by atoms with Crippen LogP contribution in [0.4, 0.5) is 5.69 Å². The molecule has 0 bridgehead atoms. The van der Waals surface area contributed by atoms with Gasteiger partial charge in [-0.2, -0.15) is 0 Å². The lowest BCUT2D eigenvalue weighted by Crippen LogP contribution is -2.18. The summed E-state index contributed by atoms with van der Waals surface area (Å²) >= 11 is 0. The van der Waals surface area contributed by atoms with Crippen LogP contribution in [0.15, 0.2) is 53.4 Å². The molecule has 0 aromatic heterocycles. The molecule has 2 amide bonds. The molecule has 0 saturated heterocycles. The lowest BCUT2D eigenvalue weighted by Gasteiger charge is -2.09. The summed E-state index contributed by atoms with van der Waals surface area (Å²) in [4.78, 5) is 23.6. The van der Waals surface area contributed by atoms with Gasteiger partial charge in [0.05, 0.1) is 16.1 Å². The van der Waals surface area contributed by atoms with Gasteiger partial charge in [-0.1, -0.05) is 18.2 Å². The number of primary amides is 1. The second-order valence-electron chi connectivity index (χ2n) is 4.66. The summed E-state index contributed by atoms with van der Waals surface area (Å²) in [5, 5.41) is 2.55. The minimum atomic E-state index is -3.41. The highest BCUT2D eigenvalue weighted by Gasteiger charge is 2.14. The molecule has 3 N–H and O–H groups in total. The molecule has 2 aromatic rings. The molecule has 22 heavy (non-hydrogen) atoms. The number of hydrogen-bond donors (Lipinski definition) is 2. The predicted octanol–water partition coefficient (Wildman–Crippen LogP) is 1.44. The first kappa shape index (κ1) is 15.7. The molecule has 0 spiro atoms. The summed E-state index contributed by atoms with van der Waals surface area (Å²) < 4.78 is 23.0. The van der Waals surface area contributed by atoms with Crippen molar-refractivity contribution in [1.29, 1.82) is 0 Å². The van der Waals surface area contributed by atoms with Crippen LogP contribution in [-0.4, -0.2) is 26.5 Å². The third kappa shape index (κ3) is 3.50. The molecular weight excluding hydrogens is 304 g/mol. The molecular formula is C15H14N2O4S. The number of sulfone groups is 1. The maximum atomic E-state index is 12.2. The van der Waals surface area contributed by atoms with Gasteiger partial charge in [0.25, 0.3) is 11.8 Å². The molecule has 114 valence electrons. The van der Waals surface area contributed by atoms with Crippen molar-refractivity contribution in [1.82, 2.24) is 0 Å². The van der Waals surface area contributed by atoms with E-state index >= 15 is 0 Å². The van der Waals surface area contributed by atoms with Crippen LogP contribution in [0.5, 0.6) is 0 Å². The average molecular weight is 318 g/mol. The quantitative estimate of drug-likeness (QED) is 0.889. The van der Waals surface area contributed by atoms with Crippen molar-refractivity contribution < 1.29 is 18.0 Å². The molecule has 0 heterocycles. The monoisotopic (exact) mass is 318 g/mol. The van der Waals surface area contributed by atoms with Crippen molar-refractivity contribution in [3.05, 3.63) is 59.7 Å².